The summed E-state index contributed by atoms with van der Waals surface area (Å²) >= 11 is 0. The number of hydrogen-bond acceptors (Lipinski definition) is 9. The molecule has 40 heavy (non-hydrogen) atoms. The first-order valence-electron chi connectivity index (χ1n) is 12.4. The number of piperidine rings is 1. The van der Waals surface area contributed by atoms with E-state index < -0.39 is 16.9 Å². The molecule has 3 fully saturated rings. The highest BCUT2D eigenvalue weighted by Crippen LogP contribution is 2.29. The lowest BCUT2D eigenvalue weighted by Crippen LogP contribution is -2.41. The number of carbonyl (C=O) groups is 3. The largest absolute Gasteiger partial charge is 0.478 e. The third kappa shape index (κ3) is 7.08. The van der Waals surface area contributed by atoms with Crippen molar-refractivity contribution in [3.8, 4) is 11.3 Å². The van der Waals surface area contributed by atoms with Crippen LogP contribution in [0, 0.1) is 10.1 Å². The standard InChI is InChI=1S/C23H23N5O4.C4H4O4/c29-23(27-15-14-26-12-9-18(27)10-13-26)21-8-7-20(32-21)16-3-5-17(6-4-16)25-22-19(28(30)31)2-1-11-24-22;5-3(6)1-2-4(7)8/h1-8,11,18H,9-10,12-15H2,(H,24,25);1-2H,(H,5,6)(H,7,8)/b;2-1+. The van der Waals surface area contributed by atoms with Gasteiger partial charge in [-0.1, -0.05) is 0 Å². The molecule has 1 aromatic carbocycles. The van der Waals surface area contributed by atoms with Crippen molar-refractivity contribution >= 4 is 35.0 Å². The van der Waals surface area contributed by atoms with Gasteiger partial charge in [-0.15, -0.1) is 0 Å². The van der Waals surface area contributed by atoms with Gasteiger partial charge in [-0.3, -0.25) is 14.9 Å². The highest BCUT2D eigenvalue weighted by Gasteiger charge is 2.33. The third-order valence-electron chi connectivity index (χ3n) is 6.52. The van der Waals surface area contributed by atoms with Gasteiger partial charge >= 0.3 is 17.6 Å². The van der Waals surface area contributed by atoms with Crippen molar-refractivity contribution in [2.45, 2.75) is 18.9 Å². The summed E-state index contributed by atoms with van der Waals surface area (Å²) in [6.45, 7) is 3.76. The Bertz CT molecular complexity index is 1390. The van der Waals surface area contributed by atoms with Gasteiger partial charge < -0.3 is 29.7 Å². The monoisotopic (exact) mass is 549 g/mol. The van der Waals surface area contributed by atoms with Crippen LogP contribution in [0.1, 0.15) is 23.4 Å². The van der Waals surface area contributed by atoms with Crippen LogP contribution in [0.5, 0.6) is 0 Å². The number of aliphatic carboxylic acids is 2. The molecule has 0 radical (unpaired) electrons. The van der Waals surface area contributed by atoms with E-state index in [0.717, 1.165) is 44.6 Å². The number of nitrogens with one attached hydrogen (secondary N) is 1. The lowest BCUT2D eigenvalue weighted by atomic mass is 10.1. The van der Waals surface area contributed by atoms with Crippen LogP contribution in [0.15, 0.2) is 71.3 Å². The molecule has 3 aromatic rings. The van der Waals surface area contributed by atoms with Gasteiger partial charge in [-0.05, 0) is 55.3 Å². The first kappa shape index (κ1) is 28.0. The Labute approximate surface area is 228 Å². The molecule has 0 saturated carbocycles. The van der Waals surface area contributed by atoms with Crippen LogP contribution < -0.4 is 5.32 Å². The van der Waals surface area contributed by atoms with E-state index in [1.807, 2.05) is 17.0 Å². The number of furan rings is 1. The van der Waals surface area contributed by atoms with E-state index in [-0.39, 0.29) is 23.5 Å². The van der Waals surface area contributed by atoms with Crippen molar-refractivity contribution in [2.75, 3.05) is 31.5 Å². The Hall–Kier alpha value is -5.04. The SMILES string of the molecule is O=C(O)/C=C/C(=O)O.O=C(c1ccc(-c2ccc(Nc3ncccc3[N+](=O)[O-])cc2)o1)N1CCN2CCC1CC2. The van der Waals surface area contributed by atoms with Crippen LogP contribution in [0.4, 0.5) is 17.2 Å². The van der Waals surface area contributed by atoms with Crippen LogP contribution in [0.3, 0.4) is 0 Å². The quantitative estimate of drug-likeness (QED) is 0.222. The van der Waals surface area contributed by atoms with Gasteiger partial charge in [0.15, 0.2) is 5.76 Å². The maximum Gasteiger partial charge on any atom is 0.328 e. The molecule has 3 N–H and O–H groups in total. The number of aromatic nitrogens is 1. The molecular weight excluding hydrogens is 522 g/mol. The fourth-order valence-electron chi connectivity index (χ4n) is 4.54. The van der Waals surface area contributed by atoms with Gasteiger partial charge in [0.05, 0.1) is 4.92 Å². The number of fused-ring (bicyclic) bond motifs is 4. The number of nitro groups is 1. The second-order valence-electron chi connectivity index (χ2n) is 9.08. The molecule has 6 rings (SSSR count). The number of carboxylic acids is 2. The molecule has 208 valence electrons. The van der Waals surface area contributed by atoms with Crippen LogP contribution in [-0.4, -0.2) is 80.0 Å². The fourth-order valence-corrected chi connectivity index (χ4v) is 4.54. The van der Waals surface area contributed by atoms with Crippen molar-refractivity contribution in [2.24, 2.45) is 0 Å². The summed E-state index contributed by atoms with van der Waals surface area (Å²) in [6.07, 6.45) is 4.65. The molecule has 13 heteroatoms. The Morgan fingerprint density at radius 2 is 1.65 bits per heavy atom. The summed E-state index contributed by atoms with van der Waals surface area (Å²) in [5.74, 6) is -1.43. The maximum atomic E-state index is 13.1. The summed E-state index contributed by atoms with van der Waals surface area (Å²) in [6, 6.07) is 14.0. The molecule has 1 amide bonds. The minimum Gasteiger partial charge on any atom is -0.478 e. The molecule has 13 nitrogen and oxygen atoms in total. The average Bonchev–Trinajstić information content (AvgIpc) is 3.25. The van der Waals surface area contributed by atoms with E-state index in [9.17, 15) is 24.5 Å². The molecule has 5 heterocycles. The predicted molar refractivity (Wildman–Crippen MR) is 143 cm³/mol. The van der Waals surface area contributed by atoms with Crippen molar-refractivity contribution in [1.29, 1.82) is 0 Å². The van der Waals surface area contributed by atoms with E-state index in [2.05, 4.69) is 15.2 Å². The first-order valence-corrected chi connectivity index (χ1v) is 12.4. The number of benzene rings is 1. The number of pyridine rings is 1. The number of carbonyl (C=O) groups excluding carboxylic acids is 1. The molecule has 0 unspecified atom stereocenters. The second-order valence-corrected chi connectivity index (χ2v) is 9.08. The van der Waals surface area contributed by atoms with Crippen LogP contribution in [0.25, 0.3) is 11.3 Å². The number of rotatable bonds is 7. The maximum absolute atomic E-state index is 13.1. The summed E-state index contributed by atoms with van der Waals surface area (Å²) in [5, 5.41) is 29.8. The van der Waals surface area contributed by atoms with Gasteiger partial charge in [-0.25, -0.2) is 14.6 Å². The Morgan fingerprint density at radius 3 is 2.27 bits per heavy atom. The summed E-state index contributed by atoms with van der Waals surface area (Å²) < 4.78 is 5.91. The van der Waals surface area contributed by atoms with E-state index in [1.165, 1.54) is 18.3 Å². The van der Waals surface area contributed by atoms with E-state index in [0.29, 0.717) is 29.4 Å². The molecular formula is C27H27N5O8. The zero-order chi connectivity index (χ0) is 28.6. The van der Waals surface area contributed by atoms with E-state index in [4.69, 9.17) is 14.6 Å². The van der Waals surface area contributed by atoms with Gasteiger partial charge in [0.25, 0.3) is 5.91 Å². The summed E-state index contributed by atoms with van der Waals surface area (Å²) in [5.41, 5.74) is 1.38. The van der Waals surface area contributed by atoms with E-state index in [1.54, 1.807) is 24.3 Å². The molecule has 2 bridgehead atoms. The van der Waals surface area contributed by atoms with Gasteiger partial charge in [-0.2, -0.15) is 0 Å². The van der Waals surface area contributed by atoms with Crippen molar-refractivity contribution in [1.82, 2.24) is 14.8 Å². The molecule has 3 aliphatic heterocycles. The number of anilines is 2. The fraction of sp³-hybridized carbons (Fsp3) is 0.259. The zero-order valence-electron chi connectivity index (χ0n) is 21.3. The van der Waals surface area contributed by atoms with Crippen molar-refractivity contribution < 1.29 is 33.9 Å². The molecule has 0 atom stereocenters. The lowest BCUT2D eigenvalue weighted by Gasteiger charge is -2.30. The lowest BCUT2D eigenvalue weighted by molar-refractivity contribution is -0.384. The Balaban J connectivity index is 0.000000406. The number of amides is 1. The summed E-state index contributed by atoms with van der Waals surface area (Å²) in [4.78, 5) is 51.3. The van der Waals surface area contributed by atoms with E-state index >= 15 is 0 Å². The summed E-state index contributed by atoms with van der Waals surface area (Å²) in [7, 11) is 0. The van der Waals surface area contributed by atoms with Crippen LogP contribution in [0.2, 0.25) is 0 Å². The topological polar surface area (TPSA) is 179 Å². The normalized spacial score (nSPS) is 17.9. The van der Waals surface area contributed by atoms with Crippen LogP contribution in [-0.2, 0) is 9.59 Å². The number of hydrogen-bond donors (Lipinski definition) is 3. The Morgan fingerprint density at radius 1 is 0.975 bits per heavy atom. The zero-order valence-corrected chi connectivity index (χ0v) is 21.3. The minimum atomic E-state index is -1.26. The molecule has 2 aromatic heterocycles. The third-order valence-corrected chi connectivity index (χ3v) is 6.52. The molecule has 0 aliphatic carbocycles. The predicted octanol–water partition coefficient (Wildman–Crippen LogP) is 3.63. The van der Waals surface area contributed by atoms with Gasteiger partial charge in [0, 0.05) is 67.9 Å². The van der Waals surface area contributed by atoms with Gasteiger partial charge in [0.2, 0.25) is 5.82 Å². The molecule has 3 saturated heterocycles. The Kier molecular flexibility index (Phi) is 8.86. The smallest absolute Gasteiger partial charge is 0.328 e. The molecule has 0 spiro atoms. The highest BCUT2D eigenvalue weighted by molar-refractivity contribution is 5.92. The van der Waals surface area contributed by atoms with Gasteiger partial charge in [0.1, 0.15) is 5.76 Å². The first-order chi connectivity index (χ1) is 19.2. The number of nitrogens with zero attached hydrogens (tertiary/aromatic N) is 4. The minimum absolute atomic E-state index is 0.0502. The number of carboxylic acid groups (broad SMARTS) is 2. The second kappa shape index (κ2) is 12.7. The van der Waals surface area contributed by atoms with Crippen LogP contribution >= 0.6 is 0 Å². The van der Waals surface area contributed by atoms with Crippen molar-refractivity contribution in [3.63, 3.8) is 0 Å². The molecule has 3 aliphatic rings. The highest BCUT2D eigenvalue weighted by atomic mass is 16.6. The average molecular weight is 550 g/mol. The van der Waals surface area contributed by atoms with Crippen molar-refractivity contribution in [3.05, 3.63) is 82.8 Å².